The van der Waals surface area contributed by atoms with Gasteiger partial charge in [-0.2, -0.15) is 0 Å². The lowest BCUT2D eigenvalue weighted by Gasteiger charge is -2.21. The van der Waals surface area contributed by atoms with Crippen molar-refractivity contribution >= 4 is 23.2 Å². The molecule has 0 bridgehead atoms. The maximum Gasteiger partial charge on any atom is 0.268 e. The highest BCUT2D eigenvalue weighted by atomic mass is 35.5. The Bertz CT molecular complexity index is 1160. The maximum atomic E-state index is 13.1. The summed E-state index contributed by atoms with van der Waals surface area (Å²) in [5.74, 6) is 1.49. The molecule has 0 spiro atoms. The lowest BCUT2D eigenvalue weighted by molar-refractivity contribution is -0.122. The van der Waals surface area contributed by atoms with Gasteiger partial charge in [0.05, 0.1) is 17.7 Å². The minimum Gasteiger partial charge on any atom is -0.493 e. The Morgan fingerprint density at radius 1 is 1.15 bits per heavy atom. The molecule has 2 heterocycles. The fraction of sp³-hybridized carbons (Fsp3) is 0.308. The monoisotopic (exact) mass is 482 g/mol. The second-order valence-corrected chi connectivity index (χ2v) is 9.11. The van der Waals surface area contributed by atoms with E-state index in [-0.39, 0.29) is 12.5 Å². The van der Waals surface area contributed by atoms with Crippen LogP contribution in [0.5, 0.6) is 17.2 Å². The van der Waals surface area contributed by atoms with Crippen LogP contribution in [0.3, 0.4) is 0 Å². The van der Waals surface area contributed by atoms with Crippen LogP contribution in [-0.4, -0.2) is 48.0 Å². The number of carbonyl (C=O) groups is 1. The number of nitrogens with zero attached hydrogens (tertiary/aromatic N) is 2. The molecule has 1 aliphatic heterocycles. The Hall–Kier alpha value is -3.29. The molecule has 1 fully saturated rings. The first kappa shape index (κ1) is 23.9. The predicted octanol–water partition coefficient (Wildman–Crippen LogP) is 4.74. The third-order valence-corrected chi connectivity index (χ3v) is 5.71. The number of methoxy groups -OCH3 is 1. The molecule has 3 aromatic rings. The molecule has 4 rings (SSSR count). The van der Waals surface area contributed by atoms with E-state index in [0.717, 1.165) is 11.1 Å². The fourth-order valence-electron chi connectivity index (χ4n) is 3.70. The van der Waals surface area contributed by atoms with Crippen molar-refractivity contribution in [3.63, 3.8) is 0 Å². The molecule has 1 unspecified atom stereocenters. The highest BCUT2D eigenvalue weighted by Crippen LogP contribution is 2.35. The van der Waals surface area contributed by atoms with E-state index >= 15 is 0 Å². The van der Waals surface area contributed by atoms with Gasteiger partial charge in [0.25, 0.3) is 5.91 Å². The van der Waals surface area contributed by atoms with E-state index in [2.05, 4.69) is 4.98 Å². The summed E-state index contributed by atoms with van der Waals surface area (Å²) >= 11 is 6.23. The Morgan fingerprint density at radius 3 is 2.59 bits per heavy atom. The molecular formula is C26H27ClN2O5. The SMILES string of the molecule is COc1cc(N2CCC(Oc3ccc(-c4ccncc4Cl)cc3)C2=O)ccc1OCC(C)(C)O. The number of rotatable bonds is 8. The lowest BCUT2D eigenvalue weighted by Crippen LogP contribution is -2.32. The summed E-state index contributed by atoms with van der Waals surface area (Å²) in [4.78, 5) is 18.7. The molecule has 0 radical (unpaired) electrons. The number of ether oxygens (including phenoxy) is 3. The van der Waals surface area contributed by atoms with Crippen LogP contribution in [-0.2, 0) is 4.79 Å². The first-order valence-corrected chi connectivity index (χ1v) is 11.3. The molecule has 1 amide bonds. The lowest BCUT2D eigenvalue weighted by atomic mass is 10.1. The van der Waals surface area contributed by atoms with E-state index in [9.17, 15) is 9.90 Å². The summed E-state index contributed by atoms with van der Waals surface area (Å²) in [5.41, 5.74) is 1.56. The molecule has 0 saturated carbocycles. The number of hydrogen-bond donors (Lipinski definition) is 1. The molecule has 2 aromatic carbocycles. The molecule has 1 N–H and O–H groups in total. The van der Waals surface area contributed by atoms with E-state index in [4.69, 9.17) is 25.8 Å². The topological polar surface area (TPSA) is 81.1 Å². The van der Waals surface area contributed by atoms with Crippen molar-refractivity contribution in [2.45, 2.75) is 32.0 Å². The fourth-order valence-corrected chi connectivity index (χ4v) is 3.93. The highest BCUT2D eigenvalue weighted by molar-refractivity contribution is 6.33. The summed E-state index contributed by atoms with van der Waals surface area (Å²) in [5, 5.41) is 10.5. The zero-order valence-electron chi connectivity index (χ0n) is 19.3. The summed E-state index contributed by atoms with van der Waals surface area (Å²) < 4.78 is 17.1. The first-order valence-electron chi connectivity index (χ1n) is 11.0. The van der Waals surface area contributed by atoms with Crippen molar-refractivity contribution in [2.75, 3.05) is 25.2 Å². The van der Waals surface area contributed by atoms with Gasteiger partial charge in [-0.05, 0) is 49.7 Å². The zero-order chi connectivity index (χ0) is 24.3. The minimum absolute atomic E-state index is 0.117. The number of halogens is 1. The van der Waals surface area contributed by atoms with Gasteiger partial charge in [-0.15, -0.1) is 0 Å². The molecule has 0 aliphatic carbocycles. The molecule has 1 saturated heterocycles. The maximum absolute atomic E-state index is 13.1. The van der Waals surface area contributed by atoms with Crippen molar-refractivity contribution in [3.8, 4) is 28.4 Å². The van der Waals surface area contributed by atoms with Gasteiger partial charge in [0.2, 0.25) is 0 Å². The van der Waals surface area contributed by atoms with Crippen LogP contribution in [0.25, 0.3) is 11.1 Å². The third kappa shape index (κ3) is 5.43. The van der Waals surface area contributed by atoms with Gasteiger partial charge in [-0.25, -0.2) is 0 Å². The van der Waals surface area contributed by atoms with Gasteiger partial charge in [0.1, 0.15) is 12.4 Å². The second kappa shape index (κ2) is 9.91. The number of benzene rings is 2. The predicted molar refractivity (Wildman–Crippen MR) is 131 cm³/mol. The van der Waals surface area contributed by atoms with Gasteiger partial charge >= 0.3 is 0 Å². The highest BCUT2D eigenvalue weighted by Gasteiger charge is 2.34. The number of carbonyl (C=O) groups excluding carboxylic acids is 1. The standard InChI is InChI=1S/C26H27ClN2O5/c1-26(2,31)16-33-22-9-6-18(14-24(22)32-3)29-13-11-23(25(29)30)34-19-7-4-17(5-8-19)20-10-12-28-15-21(20)27/h4-10,12,14-15,23,31H,11,13,16H2,1-3H3. The summed E-state index contributed by atoms with van der Waals surface area (Å²) in [6, 6.07) is 14.6. The summed E-state index contributed by atoms with van der Waals surface area (Å²) in [6.45, 7) is 3.98. The largest absolute Gasteiger partial charge is 0.493 e. The van der Waals surface area contributed by atoms with Crippen LogP contribution in [0.4, 0.5) is 5.69 Å². The molecule has 8 heteroatoms. The number of hydrogen-bond acceptors (Lipinski definition) is 6. The van der Waals surface area contributed by atoms with Gasteiger partial charge in [-0.1, -0.05) is 23.7 Å². The van der Waals surface area contributed by atoms with Crippen molar-refractivity contribution < 1.29 is 24.1 Å². The van der Waals surface area contributed by atoms with Gasteiger partial charge in [0, 0.05) is 42.7 Å². The van der Waals surface area contributed by atoms with Crippen LogP contribution < -0.4 is 19.1 Å². The molecular weight excluding hydrogens is 456 g/mol. The van der Waals surface area contributed by atoms with Crippen molar-refractivity contribution in [2.24, 2.45) is 0 Å². The minimum atomic E-state index is -0.970. The van der Waals surface area contributed by atoms with Crippen molar-refractivity contribution in [3.05, 3.63) is 65.9 Å². The molecule has 1 aliphatic rings. The zero-order valence-corrected chi connectivity index (χ0v) is 20.1. The van der Waals surface area contributed by atoms with Gasteiger partial charge < -0.3 is 24.2 Å². The number of aliphatic hydroxyl groups is 1. The van der Waals surface area contributed by atoms with Crippen LogP contribution in [0.15, 0.2) is 60.9 Å². The van der Waals surface area contributed by atoms with Crippen LogP contribution in [0.1, 0.15) is 20.3 Å². The Balaban J connectivity index is 1.43. The average Bonchev–Trinajstić information content (AvgIpc) is 3.18. The van der Waals surface area contributed by atoms with Crippen molar-refractivity contribution in [1.82, 2.24) is 4.98 Å². The van der Waals surface area contributed by atoms with E-state index in [0.29, 0.717) is 40.9 Å². The number of pyridine rings is 1. The van der Waals surface area contributed by atoms with Gasteiger partial charge in [0.15, 0.2) is 17.6 Å². The molecule has 1 aromatic heterocycles. The quantitative estimate of drug-likeness (QED) is 0.499. The molecule has 1 atom stereocenters. The smallest absolute Gasteiger partial charge is 0.268 e. The number of aromatic nitrogens is 1. The molecule has 178 valence electrons. The number of amides is 1. The van der Waals surface area contributed by atoms with Gasteiger partial charge in [-0.3, -0.25) is 9.78 Å². The second-order valence-electron chi connectivity index (χ2n) is 8.70. The van der Waals surface area contributed by atoms with Crippen molar-refractivity contribution in [1.29, 1.82) is 0 Å². The molecule has 34 heavy (non-hydrogen) atoms. The Labute approximate surface area is 203 Å². The average molecular weight is 483 g/mol. The van der Waals surface area contributed by atoms with E-state index in [1.807, 2.05) is 30.3 Å². The van der Waals surface area contributed by atoms with E-state index in [1.54, 1.807) is 49.3 Å². The van der Waals surface area contributed by atoms with Crippen LogP contribution in [0, 0.1) is 0 Å². The number of anilines is 1. The Morgan fingerprint density at radius 2 is 1.91 bits per heavy atom. The van der Waals surface area contributed by atoms with Crippen LogP contribution in [0.2, 0.25) is 5.02 Å². The first-order chi connectivity index (χ1) is 16.2. The van der Waals surface area contributed by atoms with E-state index < -0.39 is 11.7 Å². The molecule has 7 nitrogen and oxygen atoms in total. The summed E-state index contributed by atoms with van der Waals surface area (Å²) in [6.07, 6.45) is 3.29. The van der Waals surface area contributed by atoms with Crippen LogP contribution >= 0.6 is 11.6 Å². The summed E-state index contributed by atoms with van der Waals surface area (Å²) in [7, 11) is 1.54. The normalized spacial score (nSPS) is 16.0. The van der Waals surface area contributed by atoms with E-state index in [1.165, 1.54) is 7.11 Å². The third-order valence-electron chi connectivity index (χ3n) is 5.41. The Kier molecular flexibility index (Phi) is 6.95.